The van der Waals surface area contributed by atoms with Crippen LogP contribution in [0.25, 0.3) is 0 Å². The van der Waals surface area contributed by atoms with Crippen molar-refractivity contribution >= 4 is 40.5 Å². The molecule has 2 aromatic carbocycles. The van der Waals surface area contributed by atoms with Crippen molar-refractivity contribution in [1.29, 1.82) is 0 Å². The largest absolute Gasteiger partial charge is 0.372 e. The van der Waals surface area contributed by atoms with Crippen molar-refractivity contribution in [2.45, 2.75) is 26.7 Å². The zero-order valence-electron chi connectivity index (χ0n) is 17.6. The molecule has 1 fully saturated rings. The van der Waals surface area contributed by atoms with Gasteiger partial charge in [0.2, 0.25) is 11.8 Å². The summed E-state index contributed by atoms with van der Waals surface area (Å²) in [5.74, 6) is -0.317. The molecule has 0 saturated carbocycles. The predicted octanol–water partition coefficient (Wildman–Crippen LogP) is 4.15. The highest BCUT2D eigenvalue weighted by Gasteiger charge is 2.15. The molecule has 1 aliphatic heterocycles. The molecule has 6 nitrogen and oxygen atoms in total. The van der Waals surface area contributed by atoms with Crippen LogP contribution in [-0.2, 0) is 9.59 Å². The summed E-state index contributed by atoms with van der Waals surface area (Å²) in [5, 5.41) is 6.35. The van der Waals surface area contributed by atoms with E-state index in [0.29, 0.717) is 17.3 Å². The molecule has 0 atom stereocenters. The highest BCUT2D eigenvalue weighted by Crippen LogP contribution is 2.22. The Morgan fingerprint density at radius 1 is 1.00 bits per heavy atom. The fraction of sp³-hybridized carbons (Fsp3) is 0.391. The number of rotatable bonds is 8. The number of anilines is 3. The van der Waals surface area contributed by atoms with E-state index in [1.54, 1.807) is 17.0 Å². The van der Waals surface area contributed by atoms with E-state index in [9.17, 15) is 9.59 Å². The molecule has 0 unspecified atom stereocenters. The van der Waals surface area contributed by atoms with E-state index in [2.05, 4.69) is 15.5 Å². The van der Waals surface area contributed by atoms with Gasteiger partial charge in [0.15, 0.2) is 0 Å². The minimum absolute atomic E-state index is 0.129. The minimum Gasteiger partial charge on any atom is -0.372 e. The van der Waals surface area contributed by atoms with Crippen LogP contribution in [0.3, 0.4) is 0 Å². The first-order chi connectivity index (χ1) is 14.4. The number of hydrogen-bond acceptors (Lipinski definition) is 4. The maximum atomic E-state index is 12.4. The van der Waals surface area contributed by atoms with E-state index in [1.165, 1.54) is 18.5 Å². The Morgan fingerprint density at radius 2 is 1.63 bits per heavy atom. The lowest BCUT2D eigenvalue weighted by atomic mass is 10.2. The van der Waals surface area contributed by atoms with Crippen molar-refractivity contribution in [3.63, 3.8) is 0 Å². The third kappa shape index (κ3) is 6.21. The van der Waals surface area contributed by atoms with Gasteiger partial charge in [-0.2, -0.15) is 0 Å². The maximum absolute atomic E-state index is 12.4. The zero-order chi connectivity index (χ0) is 21.5. The van der Waals surface area contributed by atoms with Crippen molar-refractivity contribution in [3.05, 3.63) is 53.1 Å². The highest BCUT2D eigenvalue weighted by molar-refractivity contribution is 6.31. The second-order valence-corrected chi connectivity index (χ2v) is 8.04. The molecule has 160 valence electrons. The number of hydrogen-bond donors (Lipinski definition) is 2. The Bertz CT molecular complexity index is 879. The van der Waals surface area contributed by atoms with Gasteiger partial charge in [-0.3, -0.25) is 14.5 Å². The van der Waals surface area contributed by atoms with Crippen LogP contribution in [0.15, 0.2) is 42.5 Å². The van der Waals surface area contributed by atoms with Crippen LogP contribution in [0, 0.1) is 6.92 Å². The van der Waals surface area contributed by atoms with Crippen LogP contribution >= 0.6 is 11.6 Å². The fourth-order valence-corrected chi connectivity index (χ4v) is 3.71. The summed E-state index contributed by atoms with van der Waals surface area (Å²) in [5.41, 5.74) is 3.57. The van der Waals surface area contributed by atoms with Gasteiger partial charge in [0, 0.05) is 35.2 Å². The first-order valence-corrected chi connectivity index (χ1v) is 10.8. The van der Waals surface area contributed by atoms with E-state index in [-0.39, 0.29) is 24.9 Å². The van der Waals surface area contributed by atoms with E-state index < -0.39 is 0 Å². The molecule has 30 heavy (non-hydrogen) atoms. The third-order valence-electron chi connectivity index (χ3n) is 5.28. The summed E-state index contributed by atoms with van der Waals surface area (Å²) in [6, 6.07) is 13.3. The Morgan fingerprint density at radius 3 is 2.27 bits per heavy atom. The Labute approximate surface area is 183 Å². The van der Waals surface area contributed by atoms with Gasteiger partial charge in [-0.15, -0.1) is 0 Å². The Balaban J connectivity index is 1.50. The standard InChI is InChI=1S/C23H29ClN4O2/c1-3-27(16-23(30)26-21-14-18(24)7-6-17(21)2)15-22(29)25-19-8-10-20(11-9-19)28-12-4-5-13-28/h6-11,14H,3-5,12-13,15-16H2,1-2H3,(H,25,29)(H,26,30). The van der Waals surface area contributed by atoms with Crippen molar-refractivity contribution in [2.24, 2.45) is 0 Å². The maximum Gasteiger partial charge on any atom is 0.238 e. The van der Waals surface area contributed by atoms with Gasteiger partial charge >= 0.3 is 0 Å². The molecule has 0 bridgehead atoms. The summed E-state index contributed by atoms with van der Waals surface area (Å²) < 4.78 is 0. The summed E-state index contributed by atoms with van der Waals surface area (Å²) in [7, 11) is 0. The van der Waals surface area contributed by atoms with Crippen LogP contribution in [0.2, 0.25) is 5.02 Å². The average molecular weight is 429 g/mol. The van der Waals surface area contributed by atoms with Crippen molar-refractivity contribution in [2.75, 3.05) is 48.3 Å². The summed E-state index contributed by atoms with van der Waals surface area (Å²) in [6.07, 6.45) is 2.46. The second kappa shape index (κ2) is 10.5. The fourth-order valence-electron chi connectivity index (χ4n) is 3.54. The smallest absolute Gasteiger partial charge is 0.238 e. The lowest BCUT2D eigenvalue weighted by Crippen LogP contribution is -2.38. The molecule has 2 N–H and O–H groups in total. The predicted molar refractivity (Wildman–Crippen MR) is 123 cm³/mol. The molecule has 0 aromatic heterocycles. The van der Waals surface area contributed by atoms with E-state index >= 15 is 0 Å². The first-order valence-electron chi connectivity index (χ1n) is 10.4. The molecule has 2 amide bonds. The van der Waals surface area contributed by atoms with Gasteiger partial charge in [0.1, 0.15) is 0 Å². The number of carbonyl (C=O) groups is 2. The summed E-state index contributed by atoms with van der Waals surface area (Å²) in [6.45, 7) is 6.88. The normalized spacial score (nSPS) is 13.5. The lowest BCUT2D eigenvalue weighted by molar-refractivity contribution is -0.119. The van der Waals surface area contributed by atoms with Gasteiger partial charge in [0.05, 0.1) is 13.1 Å². The Kier molecular flexibility index (Phi) is 7.71. The number of benzene rings is 2. The third-order valence-corrected chi connectivity index (χ3v) is 5.51. The first kappa shape index (κ1) is 22.1. The molecule has 1 heterocycles. The number of nitrogens with zero attached hydrogens (tertiary/aromatic N) is 2. The highest BCUT2D eigenvalue weighted by atomic mass is 35.5. The zero-order valence-corrected chi connectivity index (χ0v) is 18.3. The van der Waals surface area contributed by atoms with Crippen molar-refractivity contribution in [1.82, 2.24) is 4.90 Å². The minimum atomic E-state index is -0.176. The van der Waals surface area contributed by atoms with Crippen LogP contribution in [0.5, 0.6) is 0 Å². The van der Waals surface area contributed by atoms with Crippen molar-refractivity contribution < 1.29 is 9.59 Å². The molecule has 2 aromatic rings. The lowest BCUT2D eigenvalue weighted by Gasteiger charge is -2.20. The molecule has 0 radical (unpaired) electrons. The summed E-state index contributed by atoms with van der Waals surface area (Å²) >= 11 is 6.01. The molecule has 0 spiro atoms. The van der Waals surface area contributed by atoms with Crippen LogP contribution in [0.1, 0.15) is 25.3 Å². The molecule has 3 rings (SSSR count). The van der Waals surface area contributed by atoms with Crippen LogP contribution < -0.4 is 15.5 Å². The number of likely N-dealkylation sites (N-methyl/N-ethyl adjacent to an activating group) is 1. The van der Waals surface area contributed by atoms with Gasteiger partial charge < -0.3 is 15.5 Å². The number of nitrogens with one attached hydrogen (secondary N) is 2. The molecule has 0 aliphatic carbocycles. The van der Waals surface area contributed by atoms with E-state index in [1.807, 2.05) is 44.2 Å². The second-order valence-electron chi connectivity index (χ2n) is 7.60. The molecule has 1 aliphatic rings. The number of carbonyl (C=O) groups excluding carboxylic acids is 2. The van der Waals surface area contributed by atoms with Gasteiger partial charge in [0.25, 0.3) is 0 Å². The van der Waals surface area contributed by atoms with E-state index in [4.69, 9.17) is 11.6 Å². The molecule has 1 saturated heterocycles. The van der Waals surface area contributed by atoms with Crippen LogP contribution in [-0.4, -0.2) is 49.4 Å². The van der Waals surface area contributed by atoms with Gasteiger partial charge in [-0.1, -0.05) is 24.6 Å². The quantitative estimate of drug-likeness (QED) is 0.663. The molecular weight excluding hydrogens is 400 g/mol. The van der Waals surface area contributed by atoms with E-state index in [0.717, 1.165) is 24.3 Å². The molecule has 7 heteroatoms. The monoisotopic (exact) mass is 428 g/mol. The average Bonchev–Trinajstić information content (AvgIpc) is 3.25. The SMILES string of the molecule is CCN(CC(=O)Nc1ccc(N2CCCC2)cc1)CC(=O)Nc1cc(Cl)ccc1C. The number of aryl methyl sites for hydroxylation is 1. The molecular formula is C23H29ClN4O2. The van der Waals surface area contributed by atoms with Crippen molar-refractivity contribution in [3.8, 4) is 0 Å². The summed E-state index contributed by atoms with van der Waals surface area (Å²) in [4.78, 5) is 29.0. The Hall–Kier alpha value is -2.57. The van der Waals surface area contributed by atoms with Gasteiger partial charge in [-0.05, 0) is 68.3 Å². The van der Waals surface area contributed by atoms with Gasteiger partial charge in [-0.25, -0.2) is 0 Å². The number of amides is 2. The topological polar surface area (TPSA) is 64.7 Å². The number of halogens is 1. The van der Waals surface area contributed by atoms with Crippen LogP contribution in [0.4, 0.5) is 17.1 Å².